The zero-order valence-corrected chi connectivity index (χ0v) is 17.0. The molecule has 2 unspecified atom stereocenters. The SMILES string of the molecule is CCn1ncc2ncc(CCC3(C4(C(N)=O)C=C(C)C=NC4)C=CC=CC3)cc21. The molecule has 2 N–H and O–H groups in total. The second kappa shape index (κ2) is 7.43. The molecule has 2 aromatic heterocycles. The largest absolute Gasteiger partial charge is 0.369 e. The third-order valence-corrected chi connectivity index (χ3v) is 6.29. The molecule has 0 bridgehead atoms. The van der Waals surface area contributed by atoms with E-state index in [9.17, 15) is 4.79 Å². The Labute approximate surface area is 170 Å². The molecule has 6 heteroatoms. The summed E-state index contributed by atoms with van der Waals surface area (Å²) in [5, 5.41) is 4.38. The quantitative estimate of drug-likeness (QED) is 0.822. The molecule has 2 aromatic rings. The van der Waals surface area contributed by atoms with Crippen LogP contribution in [-0.4, -0.2) is 33.4 Å². The van der Waals surface area contributed by atoms with Crippen LogP contribution in [0, 0.1) is 10.8 Å². The molecule has 1 aliphatic heterocycles. The van der Waals surface area contributed by atoms with Gasteiger partial charge in [0.05, 0.1) is 23.7 Å². The average molecular weight is 390 g/mol. The maximum absolute atomic E-state index is 12.8. The van der Waals surface area contributed by atoms with Crippen LogP contribution >= 0.6 is 0 Å². The van der Waals surface area contributed by atoms with Crippen molar-refractivity contribution >= 4 is 23.2 Å². The fourth-order valence-corrected chi connectivity index (χ4v) is 4.66. The van der Waals surface area contributed by atoms with E-state index in [2.05, 4.69) is 40.2 Å². The smallest absolute Gasteiger partial charge is 0.230 e. The summed E-state index contributed by atoms with van der Waals surface area (Å²) in [7, 11) is 0. The molecule has 150 valence electrons. The van der Waals surface area contributed by atoms with E-state index in [0.717, 1.165) is 48.0 Å². The number of carbonyl (C=O) groups excluding carboxylic acids is 1. The predicted molar refractivity (Wildman–Crippen MR) is 116 cm³/mol. The lowest BCUT2D eigenvalue weighted by molar-refractivity contribution is -0.130. The van der Waals surface area contributed by atoms with Crippen LogP contribution in [0.15, 0.2) is 59.4 Å². The number of fused-ring (bicyclic) bond motifs is 1. The molecule has 0 saturated carbocycles. The monoisotopic (exact) mass is 389 g/mol. The zero-order chi connectivity index (χ0) is 20.5. The lowest BCUT2D eigenvalue weighted by Crippen LogP contribution is -2.52. The first-order valence-electron chi connectivity index (χ1n) is 10.1. The van der Waals surface area contributed by atoms with E-state index in [1.165, 1.54) is 0 Å². The normalized spacial score (nSPS) is 26.1. The predicted octanol–water partition coefficient (Wildman–Crippen LogP) is 3.39. The van der Waals surface area contributed by atoms with Crippen molar-refractivity contribution in [1.29, 1.82) is 0 Å². The molecular formula is C23H27N5O. The third-order valence-electron chi connectivity index (χ3n) is 6.29. The molecular weight excluding hydrogens is 362 g/mol. The number of allylic oxidation sites excluding steroid dienone is 5. The van der Waals surface area contributed by atoms with Crippen LogP contribution in [0.25, 0.3) is 11.0 Å². The Balaban J connectivity index is 1.69. The molecule has 0 saturated heterocycles. The number of pyridine rings is 1. The number of aromatic nitrogens is 3. The first kappa shape index (κ1) is 19.3. The van der Waals surface area contributed by atoms with Gasteiger partial charge in [-0.25, -0.2) is 0 Å². The van der Waals surface area contributed by atoms with Gasteiger partial charge in [0.25, 0.3) is 0 Å². The lowest BCUT2D eigenvalue weighted by atomic mass is 9.56. The summed E-state index contributed by atoms with van der Waals surface area (Å²) in [5.74, 6) is -0.314. The van der Waals surface area contributed by atoms with Crippen LogP contribution in [0.3, 0.4) is 0 Å². The summed E-state index contributed by atoms with van der Waals surface area (Å²) in [6, 6.07) is 2.16. The lowest BCUT2D eigenvalue weighted by Gasteiger charge is -2.46. The summed E-state index contributed by atoms with van der Waals surface area (Å²) in [6.45, 7) is 5.24. The Bertz CT molecular complexity index is 1060. The highest BCUT2D eigenvalue weighted by molar-refractivity contribution is 5.90. The molecule has 29 heavy (non-hydrogen) atoms. The van der Waals surface area contributed by atoms with Crippen LogP contribution in [-0.2, 0) is 17.8 Å². The minimum Gasteiger partial charge on any atom is -0.369 e. The topological polar surface area (TPSA) is 86.2 Å². The van der Waals surface area contributed by atoms with Gasteiger partial charge in [-0.3, -0.25) is 19.5 Å². The first-order chi connectivity index (χ1) is 14.0. The molecule has 4 rings (SSSR count). The van der Waals surface area contributed by atoms with E-state index in [4.69, 9.17) is 5.73 Å². The number of hydrogen-bond donors (Lipinski definition) is 1. The van der Waals surface area contributed by atoms with Crippen LogP contribution in [0.2, 0.25) is 0 Å². The van der Waals surface area contributed by atoms with Gasteiger partial charge in [0.1, 0.15) is 5.52 Å². The van der Waals surface area contributed by atoms with Crippen LogP contribution in [0.1, 0.15) is 32.3 Å². The number of aliphatic imine (C=N–C) groups is 1. The van der Waals surface area contributed by atoms with Gasteiger partial charge < -0.3 is 5.73 Å². The first-order valence-corrected chi connectivity index (χ1v) is 10.1. The van der Waals surface area contributed by atoms with Crippen LogP contribution < -0.4 is 5.73 Å². The number of amides is 1. The average Bonchev–Trinajstić information content (AvgIpc) is 3.15. The number of nitrogens with two attached hydrogens (primary N) is 1. The highest BCUT2D eigenvalue weighted by Gasteiger charge is 2.52. The Morgan fingerprint density at radius 2 is 2.17 bits per heavy atom. The Morgan fingerprint density at radius 3 is 2.86 bits per heavy atom. The van der Waals surface area contributed by atoms with Gasteiger partial charge in [-0.15, -0.1) is 0 Å². The molecule has 1 amide bonds. The molecule has 6 nitrogen and oxygen atoms in total. The van der Waals surface area contributed by atoms with Crippen molar-refractivity contribution < 1.29 is 4.79 Å². The third kappa shape index (κ3) is 3.22. The number of primary amides is 1. The van der Waals surface area contributed by atoms with Crippen molar-refractivity contribution in [3.63, 3.8) is 0 Å². The molecule has 0 spiro atoms. The fourth-order valence-electron chi connectivity index (χ4n) is 4.66. The van der Waals surface area contributed by atoms with Gasteiger partial charge in [0, 0.05) is 24.4 Å². The van der Waals surface area contributed by atoms with Gasteiger partial charge in [0.2, 0.25) is 5.91 Å². The Kier molecular flexibility index (Phi) is 4.94. The maximum atomic E-state index is 12.8. The number of aryl methyl sites for hydroxylation is 2. The van der Waals surface area contributed by atoms with Gasteiger partial charge >= 0.3 is 0 Å². The van der Waals surface area contributed by atoms with Crippen molar-refractivity contribution in [1.82, 2.24) is 14.8 Å². The van der Waals surface area contributed by atoms with Crippen molar-refractivity contribution in [3.8, 4) is 0 Å². The second-order valence-electron chi connectivity index (χ2n) is 8.05. The Morgan fingerprint density at radius 1 is 1.31 bits per heavy atom. The highest BCUT2D eigenvalue weighted by atomic mass is 16.1. The minimum atomic E-state index is -0.824. The van der Waals surface area contributed by atoms with E-state index in [1.807, 2.05) is 42.2 Å². The standard InChI is InChI=1S/C23H27N5O/c1-3-28-20-11-18(14-26-19(20)15-27-28)7-10-22(8-5-4-6-9-22)23(21(24)29)12-17(2)13-25-16-23/h4-6,8,11-15H,3,7,9-10,16H2,1-2H3,(H2,24,29). The number of dihydropyridines is 1. The van der Waals surface area contributed by atoms with Gasteiger partial charge in [-0.05, 0) is 50.3 Å². The second-order valence-corrected chi connectivity index (χ2v) is 8.05. The van der Waals surface area contributed by atoms with Crippen molar-refractivity contribution in [2.45, 2.75) is 39.7 Å². The van der Waals surface area contributed by atoms with Crippen molar-refractivity contribution in [3.05, 3.63) is 60.0 Å². The van der Waals surface area contributed by atoms with E-state index in [0.29, 0.717) is 6.54 Å². The Hall–Kier alpha value is -3.02. The van der Waals surface area contributed by atoms with Crippen LogP contribution in [0.4, 0.5) is 0 Å². The zero-order valence-electron chi connectivity index (χ0n) is 17.0. The van der Waals surface area contributed by atoms with E-state index >= 15 is 0 Å². The number of rotatable bonds is 6. The molecule has 0 fully saturated rings. The van der Waals surface area contributed by atoms with Gasteiger partial charge in [-0.2, -0.15) is 5.10 Å². The fraction of sp³-hybridized carbons (Fsp3) is 0.391. The molecule has 2 aliphatic rings. The van der Waals surface area contributed by atoms with E-state index in [-0.39, 0.29) is 5.91 Å². The number of hydrogen-bond acceptors (Lipinski definition) is 4. The highest BCUT2D eigenvalue weighted by Crippen LogP contribution is 2.51. The molecule has 1 aliphatic carbocycles. The van der Waals surface area contributed by atoms with E-state index in [1.54, 1.807) is 6.20 Å². The van der Waals surface area contributed by atoms with E-state index < -0.39 is 10.8 Å². The van der Waals surface area contributed by atoms with Crippen LogP contribution in [0.5, 0.6) is 0 Å². The van der Waals surface area contributed by atoms with Crippen molar-refractivity contribution in [2.24, 2.45) is 21.6 Å². The molecule has 0 radical (unpaired) electrons. The summed E-state index contributed by atoms with van der Waals surface area (Å²) < 4.78 is 1.96. The summed E-state index contributed by atoms with van der Waals surface area (Å²) in [6.07, 6.45) is 18.2. The van der Waals surface area contributed by atoms with Crippen molar-refractivity contribution in [2.75, 3.05) is 6.54 Å². The molecule has 0 aromatic carbocycles. The summed E-state index contributed by atoms with van der Waals surface area (Å²) in [5.41, 5.74) is 8.83. The number of nitrogens with zero attached hydrogens (tertiary/aromatic N) is 4. The maximum Gasteiger partial charge on any atom is 0.230 e. The molecule has 2 atom stereocenters. The van der Waals surface area contributed by atoms with Gasteiger partial charge in [-0.1, -0.05) is 30.4 Å². The summed E-state index contributed by atoms with van der Waals surface area (Å²) in [4.78, 5) is 21.8. The minimum absolute atomic E-state index is 0.314. The summed E-state index contributed by atoms with van der Waals surface area (Å²) >= 11 is 0. The molecule has 3 heterocycles. The van der Waals surface area contributed by atoms with Gasteiger partial charge in [0.15, 0.2) is 0 Å². The number of carbonyl (C=O) groups is 1.